The summed E-state index contributed by atoms with van der Waals surface area (Å²) in [7, 11) is -2.78. The van der Waals surface area contributed by atoms with Gasteiger partial charge in [0.15, 0.2) is 11.3 Å². The third kappa shape index (κ3) is 7.05. The highest BCUT2D eigenvalue weighted by Crippen LogP contribution is 2.46. The van der Waals surface area contributed by atoms with Gasteiger partial charge in [-0.1, -0.05) is 25.0 Å². The summed E-state index contributed by atoms with van der Waals surface area (Å²) in [4.78, 5) is 60.9. The van der Waals surface area contributed by atoms with E-state index in [1.165, 1.54) is 48.4 Å². The number of alkyl carbamates (subject to hydrolysis) is 1. The van der Waals surface area contributed by atoms with Gasteiger partial charge in [0, 0.05) is 29.2 Å². The van der Waals surface area contributed by atoms with Crippen LogP contribution in [0.4, 0.5) is 13.6 Å². The Hall–Kier alpha value is -5.32. The molecule has 0 spiro atoms. The van der Waals surface area contributed by atoms with Crippen molar-refractivity contribution in [2.24, 2.45) is 5.92 Å². The summed E-state index contributed by atoms with van der Waals surface area (Å²) < 4.78 is 74.2. The number of methoxy groups -OCH3 is 1. The van der Waals surface area contributed by atoms with Gasteiger partial charge in [-0.15, -0.1) is 0 Å². The fourth-order valence-corrected chi connectivity index (χ4v) is 9.05. The molecule has 3 N–H and O–H groups in total. The minimum atomic E-state index is -3.95. The largest absolute Gasteiger partial charge is 0.484 e. The van der Waals surface area contributed by atoms with Crippen LogP contribution in [0.15, 0.2) is 53.0 Å². The molecule has 2 aliphatic heterocycles. The van der Waals surface area contributed by atoms with E-state index in [2.05, 4.69) is 20.3 Å². The third-order valence-corrected chi connectivity index (χ3v) is 12.7. The number of amides is 4. The minimum Gasteiger partial charge on any atom is -0.484 e. The second kappa shape index (κ2) is 14.1. The maximum atomic E-state index is 14.7. The van der Waals surface area contributed by atoms with E-state index in [-0.39, 0.29) is 48.1 Å². The van der Waals surface area contributed by atoms with Gasteiger partial charge in [0.2, 0.25) is 21.8 Å². The first kappa shape index (κ1) is 36.6. The van der Waals surface area contributed by atoms with Crippen LogP contribution >= 0.6 is 0 Å². The molecule has 0 bridgehead atoms. The zero-order valence-electron chi connectivity index (χ0n) is 29.8. The highest BCUT2D eigenvalue weighted by atomic mass is 32.2. The topological polar surface area (TPSA) is 186 Å². The molecule has 290 valence electrons. The first-order valence-corrected chi connectivity index (χ1v) is 19.9. The number of allylic oxidation sites excluding steroid dienone is 1. The zero-order valence-corrected chi connectivity index (χ0v) is 30.6. The van der Waals surface area contributed by atoms with Gasteiger partial charge in [-0.3, -0.25) is 19.1 Å². The van der Waals surface area contributed by atoms with E-state index in [1.807, 2.05) is 12.2 Å². The van der Waals surface area contributed by atoms with E-state index in [4.69, 9.17) is 13.9 Å². The van der Waals surface area contributed by atoms with Crippen LogP contribution in [0.1, 0.15) is 57.8 Å². The van der Waals surface area contributed by atoms with Crippen LogP contribution in [0.3, 0.4) is 0 Å². The standard InChI is InChI=1S/C38H39F2N5O9S/c1-52-37(49)42-28-8-6-4-2-3-5-7-20-18-38(20,36(48)44-55(50,51)24-11-12-24)43-34(46)29-17-23(19-45(29)35(28)47)53-32-26-15-21(39)10-14-27(26)41-31-25-13-9-22(40)16-30(25)54-33(31)32/h5,7,9-10,13-16,20,23-24,28-29H,2-4,6,8,11-12,17-19H2,1H3,(H,42,49)(H,43,46)(H,44,48)/b7-5-/t20-,23+,28-,29-,38+/m0/s1. The number of aromatic nitrogens is 1. The average molecular weight is 780 g/mol. The van der Waals surface area contributed by atoms with Gasteiger partial charge < -0.3 is 29.4 Å². The highest BCUT2D eigenvalue weighted by molar-refractivity contribution is 7.91. The molecule has 55 heavy (non-hydrogen) atoms. The van der Waals surface area contributed by atoms with Gasteiger partial charge in [0.25, 0.3) is 5.91 Å². The molecule has 0 unspecified atom stereocenters. The summed E-state index contributed by atoms with van der Waals surface area (Å²) in [6, 6.07) is 5.55. The maximum absolute atomic E-state index is 14.7. The molecule has 0 radical (unpaired) electrons. The molecule has 2 aromatic carbocycles. The number of nitrogens with zero attached hydrogens (tertiary/aromatic N) is 2. The lowest BCUT2D eigenvalue weighted by molar-refractivity contribution is -0.141. The average Bonchev–Trinajstić information content (AvgIpc) is 4.05. The molecule has 3 fully saturated rings. The summed E-state index contributed by atoms with van der Waals surface area (Å²) in [6.45, 7) is -0.176. The lowest BCUT2D eigenvalue weighted by atomic mass is 10.1. The highest BCUT2D eigenvalue weighted by Gasteiger charge is 2.62. The maximum Gasteiger partial charge on any atom is 0.407 e. The molecular formula is C38H39F2N5O9S. The number of hydrogen-bond donors (Lipinski definition) is 3. The number of halogens is 2. The van der Waals surface area contributed by atoms with E-state index in [1.54, 1.807) is 0 Å². The first-order valence-electron chi connectivity index (χ1n) is 18.3. The summed E-state index contributed by atoms with van der Waals surface area (Å²) in [6.07, 6.45) is 5.77. The third-order valence-electron chi connectivity index (χ3n) is 10.9. The molecule has 14 nitrogen and oxygen atoms in total. The monoisotopic (exact) mass is 779 g/mol. The number of carbonyl (C=O) groups excluding carboxylic acids is 4. The van der Waals surface area contributed by atoms with Crippen molar-refractivity contribution in [2.75, 3.05) is 13.7 Å². The van der Waals surface area contributed by atoms with Gasteiger partial charge >= 0.3 is 6.09 Å². The van der Waals surface area contributed by atoms with Crippen molar-refractivity contribution >= 4 is 66.8 Å². The van der Waals surface area contributed by atoms with Gasteiger partial charge in [0.1, 0.15) is 46.5 Å². The van der Waals surface area contributed by atoms with Crippen molar-refractivity contribution in [3.8, 4) is 5.75 Å². The fourth-order valence-electron chi connectivity index (χ4n) is 7.68. The zero-order chi connectivity index (χ0) is 38.6. The Bertz CT molecular complexity index is 2380. The van der Waals surface area contributed by atoms with Crippen LogP contribution in [0.2, 0.25) is 0 Å². The van der Waals surface area contributed by atoms with Crippen LogP contribution in [0.5, 0.6) is 5.75 Å². The molecule has 4 amide bonds. The van der Waals surface area contributed by atoms with Crippen LogP contribution in [0, 0.1) is 17.6 Å². The predicted octanol–water partition coefficient (Wildman–Crippen LogP) is 4.49. The first-order chi connectivity index (χ1) is 26.4. The molecule has 4 aliphatic rings. The fraction of sp³-hybridized carbons (Fsp3) is 0.447. The van der Waals surface area contributed by atoms with Crippen molar-refractivity contribution in [3.05, 3.63) is 60.2 Å². The van der Waals surface area contributed by atoms with Crippen molar-refractivity contribution in [2.45, 2.75) is 86.8 Å². The Kier molecular flexibility index (Phi) is 9.38. The Labute approximate surface area is 314 Å². The van der Waals surface area contributed by atoms with E-state index < -0.39 is 80.4 Å². The Balaban J connectivity index is 1.17. The number of furan rings is 1. The molecule has 4 aromatic rings. The number of benzene rings is 2. The summed E-state index contributed by atoms with van der Waals surface area (Å²) in [5.41, 5.74) is -0.628. The number of sulfonamides is 1. The van der Waals surface area contributed by atoms with Crippen molar-refractivity contribution in [1.82, 2.24) is 25.2 Å². The Morgan fingerprint density at radius 2 is 1.82 bits per heavy atom. The molecule has 8 rings (SSSR count). The summed E-state index contributed by atoms with van der Waals surface area (Å²) in [5.74, 6) is -3.74. The molecule has 2 aliphatic carbocycles. The number of hydrogen-bond acceptors (Lipinski definition) is 10. The Morgan fingerprint density at radius 1 is 1.04 bits per heavy atom. The van der Waals surface area contributed by atoms with E-state index in [0.29, 0.717) is 48.5 Å². The van der Waals surface area contributed by atoms with Gasteiger partial charge in [-0.25, -0.2) is 27.0 Å². The second-order valence-corrected chi connectivity index (χ2v) is 16.7. The SMILES string of the molecule is COC(=O)N[C@H]1CCCCC/C=C\[C@H]2C[C@@]2(C(=O)NS(=O)(=O)C2CC2)NC(=O)[C@@H]2C[C@@H](Oc3c4cc(F)ccc4nc4c3oc3cc(F)ccc34)CN2C1=O. The number of carbonyl (C=O) groups is 4. The second-order valence-electron chi connectivity index (χ2n) is 14.7. The normalized spacial score (nSPS) is 26.7. The van der Waals surface area contributed by atoms with Gasteiger partial charge in [-0.05, 0) is 68.9 Å². The molecule has 2 aromatic heterocycles. The number of pyridine rings is 1. The van der Waals surface area contributed by atoms with Crippen LogP contribution in [-0.2, 0) is 29.1 Å². The van der Waals surface area contributed by atoms with E-state index >= 15 is 0 Å². The summed E-state index contributed by atoms with van der Waals surface area (Å²) >= 11 is 0. The van der Waals surface area contributed by atoms with Crippen molar-refractivity contribution in [3.63, 3.8) is 0 Å². The molecule has 17 heteroatoms. The lowest BCUT2D eigenvalue weighted by Gasteiger charge is -2.29. The lowest BCUT2D eigenvalue weighted by Crippen LogP contribution is -2.58. The van der Waals surface area contributed by atoms with Crippen LogP contribution in [-0.4, -0.2) is 84.7 Å². The number of fused-ring (bicyclic) bond motifs is 6. The molecule has 1 saturated heterocycles. The minimum absolute atomic E-state index is 0.0643. The van der Waals surface area contributed by atoms with Crippen LogP contribution < -0.4 is 20.1 Å². The van der Waals surface area contributed by atoms with Gasteiger partial charge in [-0.2, -0.15) is 0 Å². The number of nitrogens with one attached hydrogen (secondary N) is 3. The number of ether oxygens (including phenoxy) is 2. The van der Waals surface area contributed by atoms with E-state index in [0.717, 1.165) is 6.42 Å². The smallest absolute Gasteiger partial charge is 0.407 e. The molecule has 4 heterocycles. The summed E-state index contributed by atoms with van der Waals surface area (Å²) in [5, 5.41) is 5.45. The predicted molar refractivity (Wildman–Crippen MR) is 194 cm³/mol. The van der Waals surface area contributed by atoms with Gasteiger partial charge in [0.05, 0.1) is 24.4 Å². The molecule has 2 saturated carbocycles. The number of rotatable bonds is 6. The quantitative estimate of drug-likeness (QED) is 0.236. The van der Waals surface area contributed by atoms with Crippen molar-refractivity contribution < 1.29 is 50.3 Å². The van der Waals surface area contributed by atoms with E-state index in [9.17, 15) is 36.4 Å². The molecule has 5 atom stereocenters. The van der Waals surface area contributed by atoms with Crippen LogP contribution in [0.25, 0.3) is 33.0 Å². The molecular weight excluding hydrogens is 741 g/mol. The Morgan fingerprint density at radius 3 is 2.60 bits per heavy atom. The van der Waals surface area contributed by atoms with Crippen molar-refractivity contribution in [1.29, 1.82) is 0 Å².